The van der Waals surface area contributed by atoms with Gasteiger partial charge in [0.1, 0.15) is 0 Å². The van der Waals surface area contributed by atoms with Crippen LogP contribution in [-0.4, -0.2) is 16.3 Å². The topological polar surface area (TPSA) is 61.9 Å². The van der Waals surface area contributed by atoms with E-state index < -0.39 is 0 Å². The number of aromatic nitrogens is 2. The molecule has 7 heteroatoms. The molecule has 2 aromatic heterocycles. The maximum Gasteiger partial charge on any atom is 0.178 e. The van der Waals surface area contributed by atoms with Crippen molar-refractivity contribution in [2.45, 2.75) is 12.7 Å². The lowest BCUT2D eigenvalue weighted by atomic mass is 9.98. The highest BCUT2D eigenvalue weighted by molar-refractivity contribution is 6.13. The molecule has 4 heterocycles. The lowest BCUT2D eigenvalue weighted by Gasteiger charge is -2.28. The summed E-state index contributed by atoms with van der Waals surface area (Å²) in [4.78, 5) is 2.44. The minimum Gasteiger partial charge on any atom is -0.385 e. The van der Waals surface area contributed by atoms with Crippen molar-refractivity contribution in [1.82, 2.24) is 14.6 Å². The number of fused-ring (bicyclic) bond motifs is 10. The molecule has 0 saturated carbocycles. The Balaban J connectivity index is 1.21. The number of nitrogens with one attached hydrogen (secondary N) is 2. The summed E-state index contributed by atoms with van der Waals surface area (Å²) in [5, 5.41) is 14.6. The molecule has 0 aliphatic carbocycles. The largest absolute Gasteiger partial charge is 0.385 e. The van der Waals surface area contributed by atoms with Gasteiger partial charge < -0.3 is 14.8 Å². The van der Waals surface area contributed by atoms with Gasteiger partial charge in [0.2, 0.25) is 0 Å². The smallest absolute Gasteiger partial charge is 0.178 e. The second-order valence-corrected chi connectivity index (χ2v) is 13.2. The molecule has 0 saturated heterocycles. The first-order valence-electron chi connectivity index (χ1n) is 17.7. The number of azo groups is 1. The molecular formula is C45H35N7. The zero-order valence-electron chi connectivity index (χ0n) is 28.6. The molecule has 0 bridgehead atoms. The summed E-state index contributed by atoms with van der Waals surface area (Å²) in [5.41, 5.74) is 18.6. The SMILES string of the molecule is CN=NC(Nn1c2c(c3cc(N4c5ccccc5-c5c(n(-c6ccccc6)c6ccccc56)-c5ccccc54)ccc31)C=CNC2)c1ccccc1. The van der Waals surface area contributed by atoms with Crippen LogP contribution in [0.3, 0.4) is 0 Å². The average molecular weight is 674 g/mol. The highest BCUT2D eigenvalue weighted by Crippen LogP contribution is 2.54. The summed E-state index contributed by atoms with van der Waals surface area (Å²) < 4.78 is 4.62. The fourth-order valence-electron chi connectivity index (χ4n) is 8.11. The Morgan fingerprint density at radius 3 is 2.15 bits per heavy atom. The van der Waals surface area contributed by atoms with E-state index in [0.717, 1.165) is 44.9 Å². The van der Waals surface area contributed by atoms with Crippen LogP contribution in [0.4, 0.5) is 17.1 Å². The van der Waals surface area contributed by atoms with Gasteiger partial charge in [-0.2, -0.15) is 10.2 Å². The van der Waals surface area contributed by atoms with Crippen LogP contribution in [0.2, 0.25) is 0 Å². The number of anilines is 3. The number of rotatable bonds is 6. The number of hydrogen-bond acceptors (Lipinski definition) is 5. The fourth-order valence-corrected chi connectivity index (χ4v) is 8.11. The molecular weight excluding hydrogens is 639 g/mol. The van der Waals surface area contributed by atoms with E-state index in [9.17, 15) is 0 Å². The van der Waals surface area contributed by atoms with Crippen molar-refractivity contribution in [3.63, 3.8) is 0 Å². The quantitative estimate of drug-likeness (QED) is 0.173. The molecule has 2 aliphatic rings. The van der Waals surface area contributed by atoms with Gasteiger partial charge in [0.05, 0.1) is 40.3 Å². The van der Waals surface area contributed by atoms with Crippen molar-refractivity contribution in [2.24, 2.45) is 10.2 Å². The standard InChI is InChI=1S/C45H35N7/c1-46-48-45(30-14-4-2-5-15-30)49-52-41-25-24-32(28-37(41)33-26-27-47-29-42(33)52)50-38-21-11-8-18-34(38)43-35-19-9-12-22-39(35)51(31-16-6-3-7-17-31)44(43)36-20-10-13-23-40(36)50/h2-28,45,47,49H,29H2,1H3. The van der Waals surface area contributed by atoms with Gasteiger partial charge in [-0.15, -0.1) is 0 Å². The van der Waals surface area contributed by atoms with E-state index in [2.05, 4.69) is 175 Å². The van der Waals surface area contributed by atoms with Crippen LogP contribution in [0, 0.1) is 0 Å². The summed E-state index contributed by atoms with van der Waals surface area (Å²) in [6.45, 7) is 0.689. The lowest BCUT2D eigenvalue weighted by molar-refractivity contribution is 0.648. The first-order valence-corrected chi connectivity index (χ1v) is 17.7. The predicted octanol–water partition coefficient (Wildman–Crippen LogP) is 11.1. The zero-order valence-corrected chi connectivity index (χ0v) is 28.6. The van der Waals surface area contributed by atoms with Gasteiger partial charge in [0.15, 0.2) is 6.17 Å². The third-order valence-electron chi connectivity index (χ3n) is 10.3. The first kappa shape index (κ1) is 30.0. The van der Waals surface area contributed by atoms with E-state index in [0.29, 0.717) is 6.54 Å². The molecule has 7 nitrogen and oxygen atoms in total. The number of benzene rings is 6. The van der Waals surface area contributed by atoms with Gasteiger partial charge >= 0.3 is 0 Å². The molecule has 8 aromatic rings. The Morgan fingerprint density at radius 1 is 0.654 bits per heavy atom. The first-order chi connectivity index (χ1) is 25.8. The molecule has 0 fully saturated rings. The van der Waals surface area contributed by atoms with Crippen LogP contribution < -0.4 is 15.6 Å². The van der Waals surface area contributed by atoms with E-state index in [4.69, 9.17) is 0 Å². The van der Waals surface area contributed by atoms with E-state index >= 15 is 0 Å². The molecule has 250 valence electrons. The average Bonchev–Trinajstić information content (AvgIpc) is 3.67. The maximum absolute atomic E-state index is 4.59. The van der Waals surface area contributed by atoms with Gasteiger partial charge in [-0.3, -0.25) is 10.1 Å². The van der Waals surface area contributed by atoms with Crippen LogP contribution in [0.25, 0.3) is 56.0 Å². The van der Waals surface area contributed by atoms with Gasteiger partial charge in [0.25, 0.3) is 0 Å². The molecule has 0 spiro atoms. The zero-order chi connectivity index (χ0) is 34.6. The summed E-state index contributed by atoms with van der Waals surface area (Å²) in [6.07, 6.45) is 3.88. The second-order valence-electron chi connectivity index (χ2n) is 13.2. The van der Waals surface area contributed by atoms with E-state index in [1.807, 2.05) is 24.4 Å². The number of para-hydroxylation sites is 4. The van der Waals surface area contributed by atoms with Crippen molar-refractivity contribution in [1.29, 1.82) is 0 Å². The molecule has 2 N–H and O–H groups in total. The minimum atomic E-state index is -0.343. The van der Waals surface area contributed by atoms with Gasteiger partial charge in [-0.1, -0.05) is 103 Å². The summed E-state index contributed by atoms with van der Waals surface area (Å²) in [6, 6.07) is 54.3. The predicted molar refractivity (Wildman–Crippen MR) is 213 cm³/mol. The normalized spacial score (nSPS) is 13.7. The number of hydrogen-bond donors (Lipinski definition) is 2. The second kappa shape index (κ2) is 12.2. The van der Waals surface area contributed by atoms with Gasteiger partial charge in [0, 0.05) is 51.4 Å². The van der Waals surface area contributed by atoms with Gasteiger partial charge in [-0.05, 0) is 66.4 Å². The third-order valence-corrected chi connectivity index (χ3v) is 10.3. The maximum atomic E-state index is 4.59. The Morgan fingerprint density at radius 2 is 1.35 bits per heavy atom. The molecule has 0 amide bonds. The number of nitrogens with zero attached hydrogens (tertiary/aromatic N) is 5. The Labute approximate surface area is 301 Å². The van der Waals surface area contributed by atoms with Crippen molar-refractivity contribution in [2.75, 3.05) is 17.4 Å². The summed E-state index contributed by atoms with van der Waals surface area (Å²) >= 11 is 0. The van der Waals surface area contributed by atoms with Crippen LogP contribution >= 0.6 is 0 Å². The van der Waals surface area contributed by atoms with Gasteiger partial charge in [-0.25, -0.2) is 0 Å². The molecule has 2 aliphatic heterocycles. The molecule has 1 atom stereocenters. The van der Waals surface area contributed by atoms with Crippen LogP contribution in [0.5, 0.6) is 0 Å². The molecule has 6 aromatic carbocycles. The lowest BCUT2D eigenvalue weighted by Crippen LogP contribution is -2.24. The summed E-state index contributed by atoms with van der Waals surface area (Å²) in [7, 11) is 1.72. The van der Waals surface area contributed by atoms with E-state index in [1.54, 1.807) is 7.05 Å². The van der Waals surface area contributed by atoms with Crippen molar-refractivity contribution >= 4 is 44.9 Å². The minimum absolute atomic E-state index is 0.343. The highest BCUT2D eigenvalue weighted by Gasteiger charge is 2.31. The molecule has 0 radical (unpaired) electrons. The summed E-state index contributed by atoms with van der Waals surface area (Å²) in [5.74, 6) is 0. The van der Waals surface area contributed by atoms with E-state index in [1.165, 1.54) is 38.9 Å². The molecule has 1 unspecified atom stereocenters. The van der Waals surface area contributed by atoms with E-state index in [-0.39, 0.29) is 6.17 Å². The van der Waals surface area contributed by atoms with Crippen molar-refractivity contribution < 1.29 is 0 Å². The molecule has 10 rings (SSSR count). The van der Waals surface area contributed by atoms with Crippen molar-refractivity contribution in [3.05, 3.63) is 175 Å². The third kappa shape index (κ3) is 4.59. The highest BCUT2D eigenvalue weighted by atomic mass is 15.5. The Hall–Kier alpha value is -6.86. The fraction of sp³-hybridized carbons (Fsp3) is 0.0667. The Bertz CT molecular complexity index is 2680. The Kier molecular flexibility index (Phi) is 7.03. The van der Waals surface area contributed by atoms with Crippen molar-refractivity contribution in [3.8, 4) is 28.1 Å². The van der Waals surface area contributed by atoms with Crippen LogP contribution in [-0.2, 0) is 6.54 Å². The van der Waals surface area contributed by atoms with Crippen LogP contribution in [0.1, 0.15) is 23.0 Å². The monoisotopic (exact) mass is 673 g/mol. The molecule has 52 heavy (non-hydrogen) atoms. The van der Waals surface area contributed by atoms with Crippen LogP contribution in [0.15, 0.2) is 168 Å².